The molecular weight excluding hydrogens is 421 g/mol. The zero-order valence-corrected chi connectivity index (χ0v) is 17.6. The second kappa shape index (κ2) is 8.43. The first kappa shape index (κ1) is 20.9. The van der Waals surface area contributed by atoms with E-state index in [4.69, 9.17) is 17.0 Å². The van der Waals surface area contributed by atoms with Crippen molar-refractivity contribution in [3.63, 3.8) is 0 Å². The van der Waals surface area contributed by atoms with Gasteiger partial charge in [0.25, 0.3) is 17.6 Å². The van der Waals surface area contributed by atoms with Gasteiger partial charge in [-0.15, -0.1) is 0 Å². The van der Waals surface area contributed by atoms with Crippen molar-refractivity contribution in [1.82, 2.24) is 14.8 Å². The highest BCUT2D eigenvalue weighted by Gasteiger charge is 2.32. The minimum absolute atomic E-state index is 0.00931. The molecule has 0 saturated carbocycles. The summed E-state index contributed by atoms with van der Waals surface area (Å²) in [4.78, 5) is 44.6. The number of rotatable bonds is 4. The van der Waals surface area contributed by atoms with Gasteiger partial charge in [-0.1, -0.05) is 18.3 Å². The number of ketones is 1. The van der Waals surface area contributed by atoms with E-state index in [-0.39, 0.29) is 43.0 Å². The number of hydrogen-bond donors (Lipinski definition) is 1. The quantitative estimate of drug-likeness (QED) is 0.448. The van der Waals surface area contributed by atoms with E-state index in [1.807, 2.05) is 0 Å². The Bertz CT molecular complexity index is 1160. The van der Waals surface area contributed by atoms with Gasteiger partial charge in [0.2, 0.25) is 0 Å². The number of H-pyrrole nitrogens is 1. The van der Waals surface area contributed by atoms with Gasteiger partial charge < -0.3 is 19.5 Å². The predicted octanol–water partition coefficient (Wildman–Crippen LogP) is 2.39. The average molecular weight is 441 g/mol. The summed E-state index contributed by atoms with van der Waals surface area (Å²) in [5.41, 5.74) is 0.907. The van der Waals surface area contributed by atoms with Crippen LogP contribution in [0.25, 0.3) is 10.9 Å². The van der Waals surface area contributed by atoms with Crippen LogP contribution in [0.5, 0.6) is 0 Å². The van der Waals surface area contributed by atoms with Crippen molar-refractivity contribution >= 4 is 45.6 Å². The first-order valence-electron chi connectivity index (χ1n) is 9.77. The molecule has 4 rings (SSSR count). The normalized spacial score (nSPS) is 16.8. The van der Waals surface area contributed by atoms with Gasteiger partial charge in [0.1, 0.15) is 11.6 Å². The molecule has 1 fully saturated rings. The number of aromatic nitrogens is 1. The maximum Gasteiger partial charge on any atom is 0.295 e. The first-order chi connectivity index (χ1) is 14.9. The minimum Gasteiger partial charge on any atom is -0.501 e. The van der Waals surface area contributed by atoms with Crippen LogP contribution < -0.4 is 0 Å². The number of nitrogens with zero attached hydrogens (tertiary/aromatic N) is 2. The first-order valence-corrected chi connectivity index (χ1v) is 10.2. The van der Waals surface area contributed by atoms with Crippen LogP contribution in [0.15, 0.2) is 47.9 Å². The molecule has 1 N–H and O–H groups in total. The van der Waals surface area contributed by atoms with Crippen LogP contribution in [0, 0.1) is 5.82 Å². The molecule has 2 heterocycles. The van der Waals surface area contributed by atoms with Gasteiger partial charge >= 0.3 is 0 Å². The molecule has 9 heteroatoms. The molecule has 31 heavy (non-hydrogen) atoms. The number of piperazine rings is 1. The highest BCUT2D eigenvalue weighted by Crippen LogP contribution is 2.23. The average Bonchev–Trinajstić information content (AvgIpc) is 3.23. The summed E-state index contributed by atoms with van der Waals surface area (Å²) in [5.74, 6) is -1.55. The number of methoxy groups -OCH3 is 1. The fraction of sp³-hybridized carbons (Fsp3) is 0.273. The van der Waals surface area contributed by atoms with E-state index in [2.05, 4.69) is 4.98 Å². The number of nitrogens with one attached hydrogen (secondary N) is 1. The summed E-state index contributed by atoms with van der Waals surface area (Å²) in [6.07, 6.45) is 5.13. The Kier molecular flexibility index (Phi) is 5.69. The van der Waals surface area contributed by atoms with Crippen molar-refractivity contribution in [2.24, 2.45) is 0 Å². The van der Waals surface area contributed by atoms with Gasteiger partial charge in [-0.25, -0.2) is 4.39 Å². The van der Waals surface area contributed by atoms with Gasteiger partial charge in [-0.2, -0.15) is 0 Å². The molecule has 7 nitrogen and oxygen atoms in total. The summed E-state index contributed by atoms with van der Waals surface area (Å²) in [6, 6.07) is 4.41. The Balaban J connectivity index is 1.43. The van der Waals surface area contributed by atoms with Crippen molar-refractivity contribution in [2.45, 2.75) is 6.42 Å². The number of Topliss-reactive ketones (excluding diaryl/α,β-unsaturated/α-hetero) is 1. The van der Waals surface area contributed by atoms with Gasteiger partial charge in [-0.05, 0) is 24.3 Å². The second-order valence-corrected chi connectivity index (χ2v) is 7.79. The van der Waals surface area contributed by atoms with Crippen LogP contribution >= 0.6 is 12.2 Å². The molecule has 160 valence electrons. The van der Waals surface area contributed by atoms with E-state index in [0.29, 0.717) is 28.1 Å². The van der Waals surface area contributed by atoms with E-state index in [1.165, 1.54) is 23.2 Å². The number of allylic oxidation sites excluding steroid dienone is 3. The molecular formula is C22H20FN3O4S. The molecule has 1 aromatic heterocycles. The summed E-state index contributed by atoms with van der Waals surface area (Å²) in [7, 11) is 1.55. The van der Waals surface area contributed by atoms with Crippen molar-refractivity contribution in [3.8, 4) is 0 Å². The van der Waals surface area contributed by atoms with Gasteiger partial charge in [0.05, 0.1) is 18.2 Å². The van der Waals surface area contributed by atoms with Crippen molar-refractivity contribution in [1.29, 1.82) is 0 Å². The SMILES string of the molecule is COC1=CC=C(C(=O)N2CCN(C(=O)C(=O)c3c[nH]c4cccc(F)c34)CC2)C(=S)C1. The number of halogens is 1. The van der Waals surface area contributed by atoms with E-state index in [1.54, 1.807) is 30.2 Å². The van der Waals surface area contributed by atoms with Gasteiger partial charge in [0.15, 0.2) is 0 Å². The molecule has 0 bridgehead atoms. The summed E-state index contributed by atoms with van der Waals surface area (Å²) in [5, 5.41) is 0.107. The highest BCUT2D eigenvalue weighted by atomic mass is 32.1. The molecule has 1 saturated heterocycles. The Morgan fingerprint density at radius 1 is 1.10 bits per heavy atom. The standard InChI is InChI=1S/C22H20FN3O4S/c1-30-13-5-6-14(18(31)11-13)21(28)25-7-9-26(10-8-25)22(29)20(27)15-12-24-17-4-2-3-16(23)19(15)17/h2-6,12,24H,7-11H2,1H3. The Morgan fingerprint density at radius 3 is 2.48 bits per heavy atom. The third kappa shape index (κ3) is 3.88. The predicted molar refractivity (Wildman–Crippen MR) is 116 cm³/mol. The number of amides is 2. The van der Waals surface area contributed by atoms with E-state index in [9.17, 15) is 18.8 Å². The molecule has 2 aromatic rings. The molecule has 1 aliphatic heterocycles. The lowest BCUT2D eigenvalue weighted by Crippen LogP contribution is -2.52. The lowest BCUT2D eigenvalue weighted by Gasteiger charge is -2.35. The third-order valence-corrected chi connectivity index (χ3v) is 5.88. The maximum absolute atomic E-state index is 14.2. The summed E-state index contributed by atoms with van der Waals surface area (Å²) >= 11 is 5.33. The molecule has 0 atom stereocenters. The zero-order chi connectivity index (χ0) is 22.1. The smallest absolute Gasteiger partial charge is 0.295 e. The number of ether oxygens (including phenoxy) is 1. The van der Waals surface area contributed by atoms with Crippen LogP contribution in [0.1, 0.15) is 16.8 Å². The van der Waals surface area contributed by atoms with Crippen LogP contribution in [0.2, 0.25) is 0 Å². The van der Waals surface area contributed by atoms with E-state index >= 15 is 0 Å². The molecule has 2 amide bonds. The zero-order valence-electron chi connectivity index (χ0n) is 16.8. The van der Waals surface area contributed by atoms with Crippen molar-refractivity contribution < 1.29 is 23.5 Å². The Labute approximate surface area is 183 Å². The number of aromatic amines is 1. The molecule has 0 radical (unpaired) electrons. The number of carbonyl (C=O) groups is 3. The number of carbonyl (C=O) groups excluding carboxylic acids is 3. The molecule has 0 spiro atoms. The fourth-order valence-corrected chi connectivity index (χ4v) is 4.07. The topological polar surface area (TPSA) is 82.7 Å². The summed E-state index contributed by atoms with van der Waals surface area (Å²) < 4.78 is 19.3. The molecule has 1 aliphatic carbocycles. The van der Waals surface area contributed by atoms with Crippen LogP contribution in [-0.2, 0) is 14.3 Å². The third-order valence-electron chi connectivity index (χ3n) is 5.51. The monoisotopic (exact) mass is 441 g/mol. The number of thiocarbonyl (C=S) groups is 1. The van der Waals surface area contributed by atoms with Gasteiger partial charge in [-0.3, -0.25) is 14.4 Å². The van der Waals surface area contributed by atoms with Crippen LogP contribution in [-0.4, -0.2) is 70.5 Å². The number of hydrogen-bond acceptors (Lipinski definition) is 5. The molecule has 2 aliphatic rings. The largest absolute Gasteiger partial charge is 0.501 e. The molecule has 0 unspecified atom stereocenters. The number of benzene rings is 1. The molecule has 1 aromatic carbocycles. The Morgan fingerprint density at radius 2 is 1.81 bits per heavy atom. The lowest BCUT2D eigenvalue weighted by atomic mass is 10.0. The van der Waals surface area contributed by atoms with Crippen LogP contribution in [0.4, 0.5) is 4.39 Å². The number of fused-ring (bicyclic) bond motifs is 1. The second-order valence-electron chi connectivity index (χ2n) is 7.30. The van der Waals surface area contributed by atoms with Crippen LogP contribution in [0.3, 0.4) is 0 Å². The lowest BCUT2D eigenvalue weighted by molar-refractivity contribution is -0.134. The summed E-state index contributed by atoms with van der Waals surface area (Å²) in [6.45, 7) is 0.975. The van der Waals surface area contributed by atoms with Gasteiger partial charge in [0, 0.05) is 54.6 Å². The minimum atomic E-state index is -0.774. The maximum atomic E-state index is 14.2. The van der Waals surface area contributed by atoms with Crippen molar-refractivity contribution in [2.75, 3.05) is 33.3 Å². The highest BCUT2D eigenvalue weighted by molar-refractivity contribution is 7.81. The van der Waals surface area contributed by atoms with E-state index in [0.717, 1.165) is 0 Å². The van der Waals surface area contributed by atoms with E-state index < -0.39 is 17.5 Å². The van der Waals surface area contributed by atoms with Crippen molar-refractivity contribution in [3.05, 3.63) is 59.3 Å². The fourth-order valence-electron chi connectivity index (χ4n) is 3.77. The Hall–Kier alpha value is -3.33.